The third kappa shape index (κ3) is 2.86. The molecule has 20 heavy (non-hydrogen) atoms. The number of aromatic nitrogens is 2. The second-order valence-corrected chi connectivity index (χ2v) is 6.31. The average Bonchev–Trinajstić information content (AvgIpc) is 3.06. The van der Waals surface area contributed by atoms with Crippen LogP contribution in [0.25, 0.3) is 11.5 Å². The van der Waals surface area contributed by atoms with Crippen LogP contribution in [0, 0.1) is 6.92 Å². The van der Waals surface area contributed by atoms with Crippen LogP contribution in [-0.2, 0) is 5.75 Å². The zero-order valence-electron chi connectivity index (χ0n) is 10.9. The van der Waals surface area contributed by atoms with E-state index in [1.165, 1.54) is 21.8 Å². The van der Waals surface area contributed by atoms with E-state index in [9.17, 15) is 0 Å². The van der Waals surface area contributed by atoms with Gasteiger partial charge in [0.2, 0.25) is 0 Å². The molecule has 2 aromatic heterocycles. The predicted octanol–water partition coefficient (Wildman–Crippen LogP) is 3.98. The minimum Gasteiger partial charge on any atom is -0.390 e. The van der Waals surface area contributed by atoms with E-state index in [0.717, 1.165) is 5.56 Å². The van der Waals surface area contributed by atoms with E-state index < -0.39 is 0 Å². The molecule has 0 unspecified atom stereocenters. The maximum Gasteiger partial charge on any atom is 0.260 e. The molecule has 2 N–H and O–H groups in total. The molecule has 0 saturated heterocycles. The quantitative estimate of drug-likeness (QED) is 0.738. The van der Waals surface area contributed by atoms with E-state index in [1.807, 2.05) is 11.4 Å². The van der Waals surface area contributed by atoms with E-state index >= 15 is 0 Å². The van der Waals surface area contributed by atoms with Gasteiger partial charge in [0.15, 0.2) is 5.82 Å². The standard InChI is InChI=1S/C14H13N3OS2/c1-9-2-4-10(5-3-9)20-8-12-16-14(18-17-12)11-6-7-19-13(11)15/h2-7H,8,15H2,1H3. The number of hydrogen-bond donors (Lipinski definition) is 1. The van der Waals surface area contributed by atoms with E-state index in [-0.39, 0.29) is 0 Å². The number of rotatable bonds is 4. The molecule has 3 aromatic rings. The number of aryl methyl sites for hydroxylation is 1. The molecule has 0 aliphatic carbocycles. The number of anilines is 1. The van der Waals surface area contributed by atoms with Gasteiger partial charge in [0, 0.05) is 4.90 Å². The molecule has 0 spiro atoms. The summed E-state index contributed by atoms with van der Waals surface area (Å²) in [5.41, 5.74) is 7.91. The van der Waals surface area contributed by atoms with Crippen LogP contribution in [0.15, 0.2) is 45.1 Å². The highest BCUT2D eigenvalue weighted by Gasteiger charge is 2.12. The lowest BCUT2D eigenvalue weighted by Crippen LogP contribution is -1.86. The molecule has 4 nitrogen and oxygen atoms in total. The summed E-state index contributed by atoms with van der Waals surface area (Å²) in [5.74, 6) is 1.84. The Bertz CT molecular complexity index is 703. The molecule has 0 aliphatic heterocycles. The van der Waals surface area contributed by atoms with Crippen molar-refractivity contribution in [2.45, 2.75) is 17.6 Å². The molecule has 0 amide bonds. The third-order valence-electron chi connectivity index (χ3n) is 2.78. The Labute approximate surface area is 125 Å². The fraction of sp³-hybridized carbons (Fsp3) is 0.143. The summed E-state index contributed by atoms with van der Waals surface area (Å²) in [5, 5.41) is 6.60. The zero-order valence-corrected chi connectivity index (χ0v) is 12.5. The maximum atomic E-state index is 5.85. The summed E-state index contributed by atoms with van der Waals surface area (Å²) in [6, 6.07) is 10.3. The molecule has 0 atom stereocenters. The monoisotopic (exact) mass is 303 g/mol. The molecule has 0 radical (unpaired) electrons. The number of hydrogen-bond acceptors (Lipinski definition) is 6. The number of nitrogens with zero attached hydrogens (tertiary/aromatic N) is 2. The van der Waals surface area contributed by atoms with Crippen molar-refractivity contribution in [3.63, 3.8) is 0 Å². The van der Waals surface area contributed by atoms with Crippen LogP contribution in [0.2, 0.25) is 0 Å². The van der Waals surface area contributed by atoms with E-state index in [4.69, 9.17) is 10.3 Å². The molecular formula is C14H13N3OS2. The molecule has 0 bridgehead atoms. The predicted molar refractivity (Wildman–Crippen MR) is 82.8 cm³/mol. The second-order valence-electron chi connectivity index (χ2n) is 4.32. The Morgan fingerprint density at radius 1 is 1.25 bits per heavy atom. The topological polar surface area (TPSA) is 64.9 Å². The highest BCUT2D eigenvalue weighted by molar-refractivity contribution is 7.98. The van der Waals surface area contributed by atoms with Crippen molar-refractivity contribution in [3.05, 3.63) is 47.1 Å². The van der Waals surface area contributed by atoms with Gasteiger partial charge >= 0.3 is 0 Å². The first-order chi connectivity index (χ1) is 9.72. The van der Waals surface area contributed by atoms with Crippen LogP contribution in [0.1, 0.15) is 11.4 Å². The molecule has 1 aromatic carbocycles. The number of nitrogen functional groups attached to an aromatic ring is 1. The Kier molecular flexibility index (Phi) is 3.75. The lowest BCUT2D eigenvalue weighted by molar-refractivity contribution is 0.425. The third-order valence-corrected chi connectivity index (χ3v) is 4.54. The molecule has 0 aliphatic rings. The molecule has 0 saturated carbocycles. The van der Waals surface area contributed by atoms with Crippen molar-refractivity contribution in [1.82, 2.24) is 10.1 Å². The number of thiophene rings is 1. The minimum absolute atomic E-state index is 0.489. The fourth-order valence-corrected chi connectivity index (χ4v) is 3.08. The van der Waals surface area contributed by atoms with Gasteiger partial charge in [-0.2, -0.15) is 4.98 Å². The van der Waals surface area contributed by atoms with Crippen LogP contribution in [-0.4, -0.2) is 10.1 Å². The first kappa shape index (κ1) is 13.2. The van der Waals surface area contributed by atoms with E-state index in [2.05, 4.69) is 41.3 Å². The van der Waals surface area contributed by atoms with Crippen molar-refractivity contribution < 1.29 is 4.52 Å². The highest BCUT2D eigenvalue weighted by atomic mass is 32.2. The van der Waals surface area contributed by atoms with Gasteiger partial charge in [-0.1, -0.05) is 22.9 Å². The Morgan fingerprint density at radius 3 is 2.75 bits per heavy atom. The van der Waals surface area contributed by atoms with Gasteiger partial charge in [-0.05, 0) is 30.5 Å². The summed E-state index contributed by atoms with van der Waals surface area (Å²) >= 11 is 3.15. The zero-order chi connectivity index (χ0) is 13.9. The molecule has 3 rings (SSSR count). The smallest absolute Gasteiger partial charge is 0.260 e. The van der Waals surface area contributed by atoms with Gasteiger partial charge in [-0.25, -0.2) is 0 Å². The summed E-state index contributed by atoms with van der Waals surface area (Å²) < 4.78 is 5.25. The Balaban J connectivity index is 1.69. The summed E-state index contributed by atoms with van der Waals surface area (Å²) in [7, 11) is 0. The first-order valence-electron chi connectivity index (χ1n) is 6.08. The maximum absolute atomic E-state index is 5.85. The average molecular weight is 303 g/mol. The lowest BCUT2D eigenvalue weighted by Gasteiger charge is -1.98. The van der Waals surface area contributed by atoms with Crippen LogP contribution in [0.5, 0.6) is 0 Å². The Hall–Kier alpha value is -1.79. The summed E-state index contributed by atoms with van der Waals surface area (Å²) in [6.45, 7) is 2.07. The highest BCUT2D eigenvalue weighted by Crippen LogP contribution is 2.30. The molecule has 6 heteroatoms. The van der Waals surface area contributed by atoms with Crippen LogP contribution in [0.3, 0.4) is 0 Å². The molecule has 102 valence electrons. The summed E-state index contributed by atoms with van der Waals surface area (Å²) in [6.07, 6.45) is 0. The lowest BCUT2D eigenvalue weighted by atomic mass is 10.2. The van der Waals surface area contributed by atoms with E-state index in [0.29, 0.717) is 22.5 Å². The van der Waals surface area contributed by atoms with Crippen LogP contribution < -0.4 is 5.73 Å². The van der Waals surface area contributed by atoms with Crippen molar-refractivity contribution in [2.24, 2.45) is 0 Å². The fourth-order valence-electron chi connectivity index (χ4n) is 1.70. The van der Waals surface area contributed by atoms with Crippen molar-refractivity contribution in [1.29, 1.82) is 0 Å². The molecule has 2 heterocycles. The summed E-state index contributed by atoms with van der Waals surface area (Å²) in [4.78, 5) is 5.57. The van der Waals surface area contributed by atoms with E-state index in [1.54, 1.807) is 11.8 Å². The van der Waals surface area contributed by atoms with Crippen molar-refractivity contribution in [2.75, 3.05) is 5.73 Å². The molecular weight excluding hydrogens is 290 g/mol. The second kappa shape index (κ2) is 5.68. The van der Waals surface area contributed by atoms with Crippen LogP contribution >= 0.6 is 23.1 Å². The van der Waals surface area contributed by atoms with Gasteiger partial charge < -0.3 is 10.3 Å². The van der Waals surface area contributed by atoms with Crippen molar-refractivity contribution in [3.8, 4) is 11.5 Å². The normalized spacial score (nSPS) is 10.8. The minimum atomic E-state index is 0.489. The largest absolute Gasteiger partial charge is 0.390 e. The van der Waals surface area contributed by atoms with Gasteiger partial charge in [0.1, 0.15) is 0 Å². The molecule has 0 fully saturated rings. The number of thioether (sulfide) groups is 1. The van der Waals surface area contributed by atoms with Gasteiger partial charge in [-0.15, -0.1) is 23.1 Å². The first-order valence-corrected chi connectivity index (χ1v) is 7.94. The van der Waals surface area contributed by atoms with Gasteiger partial charge in [0.05, 0.1) is 16.3 Å². The van der Waals surface area contributed by atoms with Crippen molar-refractivity contribution >= 4 is 28.1 Å². The number of benzene rings is 1. The number of nitrogens with two attached hydrogens (primary N) is 1. The van der Waals surface area contributed by atoms with Gasteiger partial charge in [0.25, 0.3) is 5.89 Å². The Morgan fingerprint density at radius 2 is 2.05 bits per heavy atom. The SMILES string of the molecule is Cc1ccc(SCc2noc(-c3ccsc3N)n2)cc1. The van der Waals surface area contributed by atoms with Gasteiger partial charge in [-0.3, -0.25) is 0 Å². The van der Waals surface area contributed by atoms with Crippen LogP contribution in [0.4, 0.5) is 5.00 Å².